The van der Waals surface area contributed by atoms with E-state index in [1.54, 1.807) is 0 Å². The van der Waals surface area contributed by atoms with E-state index in [2.05, 4.69) is 22.1 Å². The molecule has 1 aromatic carbocycles. The lowest BCUT2D eigenvalue weighted by Crippen LogP contribution is -2.42. The SMILES string of the molecule is C[C@H]1CCCCN1C(=O)CSc1n[nH]c(-c2ccccc2Cl)n1. The number of benzene rings is 1. The van der Waals surface area contributed by atoms with Crippen molar-refractivity contribution in [2.24, 2.45) is 0 Å². The number of aromatic amines is 1. The summed E-state index contributed by atoms with van der Waals surface area (Å²) in [6.07, 6.45) is 3.39. The Morgan fingerprint density at radius 2 is 2.26 bits per heavy atom. The van der Waals surface area contributed by atoms with Crippen molar-refractivity contribution in [3.05, 3.63) is 29.3 Å². The first-order chi connectivity index (χ1) is 11.1. The van der Waals surface area contributed by atoms with Crippen LogP contribution in [0.15, 0.2) is 29.4 Å². The molecule has 23 heavy (non-hydrogen) atoms. The first kappa shape index (κ1) is 16.3. The fourth-order valence-electron chi connectivity index (χ4n) is 2.76. The molecule has 1 aromatic heterocycles. The van der Waals surface area contributed by atoms with Crippen molar-refractivity contribution in [3.8, 4) is 11.4 Å². The summed E-state index contributed by atoms with van der Waals surface area (Å²) in [5.74, 6) is 1.15. The summed E-state index contributed by atoms with van der Waals surface area (Å²) in [5.41, 5.74) is 0.810. The number of rotatable bonds is 4. The molecule has 1 atom stereocenters. The Morgan fingerprint density at radius 3 is 3.04 bits per heavy atom. The van der Waals surface area contributed by atoms with Gasteiger partial charge in [-0.25, -0.2) is 4.98 Å². The van der Waals surface area contributed by atoms with E-state index in [0.29, 0.717) is 27.8 Å². The maximum Gasteiger partial charge on any atom is 0.233 e. The minimum absolute atomic E-state index is 0.159. The lowest BCUT2D eigenvalue weighted by atomic mass is 10.0. The van der Waals surface area contributed by atoms with Gasteiger partial charge in [0.25, 0.3) is 0 Å². The third-order valence-corrected chi connectivity index (χ3v) is 5.20. The summed E-state index contributed by atoms with van der Waals surface area (Å²) < 4.78 is 0. The molecule has 0 bridgehead atoms. The van der Waals surface area contributed by atoms with Crippen molar-refractivity contribution in [2.75, 3.05) is 12.3 Å². The van der Waals surface area contributed by atoms with E-state index in [9.17, 15) is 4.79 Å². The Kier molecular flexibility index (Phi) is 5.23. The largest absolute Gasteiger partial charge is 0.339 e. The first-order valence-electron chi connectivity index (χ1n) is 7.74. The van der Waals surface area contributed by atoms with Gasteiger partial charge in [-0.05, 0) is 38.3 Å². The van der Waals surface area contributed by atoms with Gasteiger partial charge in [-0.15, -0.1) is 5.10 Å². The quantitative estimate of drug-likeness (QED) is 0.855. The van der Waals surface area contributed by atoms with E-state index in [4.69, 9.17) is 11.6 Å². The number of halogens is 1. The third-order valence-electron chi connectivity index (χ3n) is 4.04. The molecular formula is C16H19ClN4OS. The number of carbonyl (C=O) groups excluding carboxylic acids is 1. The van der Waals surface area contributed by atoms with Crippen LogP contribution >= 0.6 is 23.4 Å². The van der Waals surface area contributed by atoms with Crippen LogP contribution in [0.3, 0.4) is 0 Å². The molecule has 2 aromatic rings. The highest BCUT2D eigenvalue weighted by Gasteiger charge is 2.23. The zero-order chi connectivity index (χ0) is 16.2. The highest BCUT2D eigenvalue weighted by molar-refractivity contribution is 7.99. The molecule has 1 N–H and O–H groups in total. The van der Waals surface area contributed by atoms with Crippen LogP contribution in [0.2, 0.25) is 5.02 Å². The number of piperidine rings is 1. The van der Waals surface area contributed by atoms with Crippen molar-refractivity contribution in [2.45, 2.75) is 37.4 Å². The molecule has 7 heteroatoms. The minimum Gasteiger partial charge on any atom is -0.339 e. The molecule has 0 spiro atoms. The van der Waals surface area contributed by atoms with Gasteiger partial charge in [0, 0.05) is 18.2 Å². The molecule has 1 saturated heterocycles. The molecule has 0 saturated carbocycles. The van der Waals surface area contributed by atoms with E-state index in [1.165, 1.54) is 18.2 Å². The second-order valence-corrected chi connectivity index (χ2v) is 7.02. The van der Waals surface area contributed by atoms with Crippen LogP contribution in [-0.4, -0.2) is 44.3 Å². The van der Waals surface area contributed by atoms with Crippen molar-refractivity contribution < 1.29 is 4.79 Å². The Morgan fingerprint density at radius 1 is 1.43 bits per heavy atom. The predicted molar refractivity (Wildman–Crippen MR) is 92.6 cm³/mol. The number of nitrogens with zero attached hydrogens (tertiary/aromatic N) is 3. The number of aromatic nitrogens is 3. The number of amides is 1. The number of thioether (sulfide) groups is 1. The van der Waals surface area contributed by atoms with Crippen LogP contribution in [0.5, 0.6) is 0 Å². The lowest BCUT2D eigenvalue weighted by molar-refractivity contribution is -0.131. The second-order valence-electron chi connectivity index (χ2n) is 5.67. The topological polar surface area (TPSA) is 61.9 Å². The molecule has 1 fully saturated rings. The van der Waals surface area contributed by atoms with Gasteiger partial charge in [-0.2, -0.15) is 0 Å². The molecule has 1 amide bonds. The highest BCUT2D eigenvalue weighted by Crippen LogP contribution is 2.26. The van der Waals surface area contributed by atoms with E-state index < -0.39 is 0 Å². The smallest absolute Gasteiger partial charge is 0.233 e. The Hall–Kier alpha value is -1.53. The van der Waals surface area contributed by atoms with Crippen molar-refractivity contribution in [1.29, 1.82) is 0 Å². The van der Waals surface area contributed by atoms with Crippen LogP contribution in [0.25, 0.3) is 11.4 Å². The highest BCUT2D eigenvalue weighted by atomic mass is 35.5. The average molecular weight is 351 g/mol. The zero-order valence-electron chi connectivity index (χ0n) is 13.0. The molecule has 1 aliphatic rings. The van der Waals surface area contributed by atoms with Crippen molar-refractivity contribution >= 4 is 29.3 Å². The minimum atomic E-state index is 0.159. The number of carbonyl (C=O) groups is 1. The molecule has 1 aliphatic heterocycles. The van der Waals surface area contributed by atoms with Gasteiger partial charge in [0.2, 0.25) is 11.1 Å². The Labute approximate surface area is 144 Å². The summed E-state index contributed by atoms with van der Waals surface area (Å²) >= 11 is 7.52. The van der Waals surface area contributed by atoms with Gasteiger partial charge < -0.3 is 4.90 Å². The number of hydrogen-bond donors (Lipinski definition) is 1. The molecular weight excluding hydrogens is 332 g/mol. The summed E-state index contributed by atoms with van der Waals surface area (Å²) in [6, 6.07) is 7.81. The van der Waals surface area contributed by atoms with E-state index in [-0.39, 0.29) is 5.91 Å². The van der Waals surface area contributed by atoms with Gasteiger partial charge >= 0.3 is 0 Å². The maximum atomic E-state index is 12.3. The Balaban J connectivity index is 1.61. The maximum absolute atomic E-state index is 12.3. The summed E-state index contributed by atoms with van der Waals surface area (Å²) in [6.45, 7) is 2.98. The van der Waals surface area contributed by atoms with Crippen LogP contribution in [-0.2, 0) is 4.79 Å². The van der Waals surface area contributed by atoms with Crippen LogP contribution in [0, 0.1) is 0 Å². The second kappa shape index (κ2) is 7.36. The molecule has 0 radical (unpaired) electrons. The molecule has 2 heterocycles. The average Bonchev–Trinajstić information content (AvgIpc) is 3.02. The van der Waals surface area contributed by atoms with Gasteiger partial charge in [0.15, 0.2) is 5.82 Å². The summed E-state index contributed by atoms with van der Waals surface area (Å²) in [4.78, 5) is 18.7. The summed E-state index contributed by atoms with van der Waals surface area (Å²) in [5, 5.41) is 8.24. The summed E-state index contributed by atoms with van der Waals surface area (Å²) in [7, 11) is 0. The fraction of sp³-hybridized carbons (Fsp3) is 0.438. The zero-order valence-corrected chi connectivity index (χ0v) is 14.5. The first-order valence-corrected chi connectivity index (χ1v) is 9.11. The monoisotopic (exact) mass is 350 g/mol. The lowest BCUT2D eigenvalue weighted by Gasteiger charge is -2.33. The van der Waals surface area contributed by atoms with Crippen molar-refractivity contribution in [1.82, 2.24) is 20.1 Å². The number of hydrogen-bond acceptors (Lipinski definition) is 4. The fourth-order valence-corrected chi connectivity index (χ4v) is 3.67. The van der Waals surface area contributed by atoms with E-state index in [0.717, 1.165) is 24.9 Å². The molecule has 0 unspecified atom stereocenters. The van der Waals surface area contributed by atoms with Crippen molar-refractivity contribution in [3.63, 3.8) is 0 Å². The van der Waals surface area contributed by atoms with Crippen LogP contribution < -0.4 is 0 Å². The van der Waals surface area contributed by atoms with E-state index >= 15 is 0 Å². The van der Waals surface area contributed by atoms with Gasteiger partial charge in [-0.3, -0.25) is 9.89 Å². The Bertz CT molecular complexity index is 690. The number of likely N-dealkylation sites (tertiary alicyclic amines) is 1. The van der Waals surface area contributed by atoms with E-state index in [1.807, 2.05) is 29.2 Å². The molecule has 5 nitrogen and oxygen atoms in total. The normalized spacial score (nSPS) is 18.2. The molecule has 122 valence electrons. The van der Waals surface area contributed by atoms with Gasteiger partial charge in [0.1, 0.15) is 0 Å². The predicted octanol–water partition coefficient (Wildman–Crippen LogP) is 3.62. The molecule has 3 rings (SSSR count). The molecule has 0 aliphatic carbocycles. The van der Waals surface area contributed by atoms with Gasteiger partial charge in [0.05, 0.1) is 10.8 Å². The standard InChI is InChI=1S/C16H19ClN4OS/c1-11-6-4-5-9-21(11)14(22)10-23-16-18-15(19-20-16)12-7-2-3-8-13(12)17/h2-3,7-8,11H,4-6,9-10H2,1H3,(H,18,19,20)/t11-/m0/s1. The van der Waals surface area contributed by atoms with Crippen LogP contribution in [0.4, 0.5) is 0 Å². The van der Waals surface area contributed by atoms with Gasteiger partial charge in [-0.1, -0.05) is 35.5 Å². The third kappa shape index (κ3) is 3.87. The van der Waals surface area contributed by atoms with Crippen LogP contribution in [0.1, 0.15) is 26.2 Å². The number of nitrogens with one attached hydrogen (secondary N) is 1. The number of H-pyrrole nitrogens is 1.